The van der Waals surface area contributed by atoms with Crippen molar-refractivity contribution in [2.75, 3.05) is 0 Å². The van der Waals surface area contributed by atoms with Crippen LogP contribution in [0.5, 0.6) is 0 Å². The average Bonchev–Trinajstić information content (AvgIpc) is 2.70. The van der Waals surface area contributed by atoms with E-state index in [-0.39, 0.29) is 5.52 Å². The van der Waals surface area contributed by atoms with Gasteiger partial charge in [0.15, 0.2) is 10.6 Å². The molecule has 1 N–H and O–H groups in total. The summed E-state index contributed by atoms with van der Waals surface area (Å²) in [5.41, 5.74) is 3.56. The molecule has 0 aliphatic carbocycles. The van der Waals surface area contributed by atoms with Gasteiger partial charge < -0.3 is 4.98 Å². The first-order valence-corrected chi connectivity index (χ1v) is 6.56. The number of aromatic nitrogens is 2. The molecule has 3 aromatic rings. The van der Waals surface area contributed by atoms with Crippen molar-refractivity contribution in [3.63, 3.8) is 0 Å². The highest BCUT2D eigenvalue weighted by molar-refractivity contribution is 7.71. The van der Waals surface area contributed by atoms with Crippen LogP contribution in [-0.2, 0) is 0 Å². The molecule has 5 heteroatoms. The van der Waals surface area contributed by atoms with Crippen LogP contribution in [0.25, 0.3) is 16.7 Å². The van der Waals surface area contributed by atoms with E-state index >= 15 is 0 Å². The number of hydrogen-bond acceptors (Lipinski definition) is 1. The molecule has 20 heavy (non-hydrogen) atoms. The summed E-state index contributed by atoms with van der Waals surface area (Å²) in [4.78, 5) is 2.80. The highest BCUT2D eigenvalue weighted by Crippen LogP contribution is 2.25. The molecule has 2 nitrogen and oxygen atoms in total. The van der Waals surface area contributed by atoms with Crippen molar-refractivity contribution in [3.05, 3.63) is 57.9 Å². The number of H-pyrrole nitrogens is 1. The van der Waals surface area contributed by atoms with Crippen molar-refractivity contribution < 1.29 is 8.78 Å². The van der Waals surface area contributed by atoms with E-state index < -0.39 is 11.6 Å². The van der Waals surface area contributed by atoms with Crippen LogP contribution in [0.3, 0.4) is 0 Å². The molecule has 0 fully saturated rings. The predicted molar refractivity (Wildman–Crippen MR) is 77.8 cm³/mol. The third-order valence-corrected chi connectivity index (χ3v) is 3.81. The van der Waals surface area contributed by atoms with Gasteiger partial charge in [0.2, 0.25) is 0 Å². The Hall–Kier alpha value is -2.01. The molecule has 3 rings (SSSR count). The monoisotopic (exact) mass is 290 g/mol. The predicted octanol–water partition coefficient (Wildman–Crippen LogP) is 4.58. The van der Waals surface area contributed by atoms with Gasteiger partial charge in [-0.3, -0.25) is 4.57 Å². The summed E-state index contributed by atoms with van der Waals surface area (Å²) in [5.74, 6) is -1.27. The van der Waals surface area contributed by atoms with Gasteiger partial charge in [0, 0.05) is 12.1 Å². The van der Waals surface area contributed by atoms with Gasteiger partial charge in [0.05, 0.1) is 11.2 Å². The summed E-state index contributed by atoms with van der Waals surface area (Å²) in [7, 11) is 0. The lowest BCUT2D eigenvalue weighted by Gasteiger charge is -2.10. The van der Waals surface area contributed by atoms with Gasteiger partial charge in [0.25, 0.3) is 0 Å². The zero-order chi connectivity index (χ0) is 14.4. The SMILES string of the molecule is Cc1cccc(-n2c(=S)[nH]c3c(F)cc(F)cc32)c1C. The van der Waals surface area contributed by atoms with E-state index in [1.165, 1.54) is 6.07 Å². The van der Waals surface area contributed by atoms with Gasteiger partial charge in [-0.2, -0.15) is 0 Å². The Morgan fingerprint density at radius 1 is 1.15 bits per heavy atom. The van der Waals surface area contributed by atoms with E-state index in [0.717, 1.165) is 22.9 Å². The summed E-state index contributed by atoms with van der Waals surface area (Å²) < 4.78 is 29.3. The fraction of sp³-hybridized carbons (Fsp3) is 0.133. The lowest BCUT2D eigenvalue weighted by molar-refractivity contribution is 0.590. The second-order valence-corrected chi connectivity index (χ2v) is 5.15. The molecular formula is C15H12F2N2S. The minimum absolute atomic E-state index is 0.220. The highest BCUT2D eigenvalue weighted by atomic mass is 32.1. The van der Waals surface area contributed by atoms with Crippen LogP contribution in [0.2, 0.25) is 0 Å². The van der Waals surface area contributed by atoms with Crippen LogP contribution in [0, 0.1) is 30.3 Å². The standard InChI is InChI=1S/C15H12F2N2S/c1-8-4-3-5-12(9(8)2)19-13-7-10(16)6-11(17)14(13)18-15(19)20/h3-7H,1-2H3,(H,18,20). The molecule has 0 saturated carbocycles. The number of aryl methyl sites for hydroxylation is 1. The molecule has 2 aromatic carbocycles. The molecule has 0 aliphatic rings. The molecule has 0 aliphatic heterocycles. The first kappa shape index (κ1) is 13.0. The number of hydrogen-bond donors (Lipinski definition) is 1. The van der Waals surface area contributed by atoms with E-state index in [1.807, 2.05) is 32.0 Å². The first-order chi connectivity index (χ1) is 9.49. The minimum atomic E-state index is -0.643. The van der Waals surface area contributed by atoms with Gasteiger partial charge in [-0.25, -0.2) is 8.78 Å². The van der Waals surface area contributed by atoms with Crippen molar-refractivity contribution in [1.82, 2.24) is 9.55 Å². The Bertz CT molecular complexity index is 877. The molecular weight excluding hydrogens is 278 g/mol. The number of imidazole rings is 1. The van der Waals surface area contributed by atoms with Crippen LogP contribution in [0.4, 0.5) is 8.78 Å². The van der Waals surface area contributed by atoms with Gasteiger partial charge in [-0.15, -0.1) is 0 Å². The fourth-order valence-corrected chi connectivity index (χ4v) is 2.65. The normalized spacial score (nSPS) is 11.2. The van der Waals surface area contributed by atoms with E-state index in [4.69, 9.17) is 12.2 Å². The summed E-state index contributed by atoms with van der Waals surface area (Å²) in [6, 6.07) is 7.90. The van der Waals surface area contributed by atoms with Gasteiger partial charge in [-0.05, 0) is 43.3 Å². The fourth-order valence-electron chi connectivity index (χ4n) is 2.35. The Kier molecular flexibility index (Phi) is 2.94. The zero-order valence-corrected chi connectivity index (χ0v) is 11.8. The van der Waals surface area contributed by atoms with Crippen molar-refractivity contribution in [3.8, 4) is 5.69 Å². The van der Waals surface area contributed by atoms with Crippen molar-refractivity contribution in [2.24, 2.45) is 0 Å². The Labute approximate surface area is 119 Å². The summed E-state index contributed by atoms with van der Waals surface area (Å²) >= 11 is 5.26. The maximum Gasteiger partial charge on any atom is 0.182 e. The molecule has 0 amide bonds. The van der Waals surface area contributed by atoms with Crippen molar-refractivity contribution >= 4 is 23.3 Å². The second-order valence-electron chi connectivity index (χ2n) is 4.77. The van der Waals surface area contributed by atoms with Gasteiger partial charge in [-0.1, -0.05) is 12.1 Å². The molecule has 0 saturated heterocycles. The van der Waals surface area contributed by atoms with Gasteiger partial charge in [0.1, 0.15) is 11.3 Å². The number of fused-ring (bicyclic) bond motifs is 1. The Morgan fingerprint density at radius 2 is 1.90 bits per heavy atom. The lowest BCUT2D eigenvalue weighted by Crippen LogP contribution is -1.99. The largest absolute Gasteiger partial charge is 0.328 e. The van der Waals surface area contributed by atoms with E-state index in [0.29, 0.717) is 10.3 Å². The molecule has 0 atom stereocenters. The number of nitrogens with zero attached hydrogens (tertiary/aromatic N) is 1. The molecule has 0 bridgehead atoms. The van der Waals surface area contributed by atoms with E-state index in [9.17, 15) is 8.78 Å². The van der Waals surface area contributed by atoms with Crippen LogP contribution in [0.1, 0.15) is 11.1 Å². The molecule has 1 heterocycles. The Balaban J connectivity index is 2.45. The van der Waals surface area contributed by atoms with Crippen LogP contribution >= 0.6 is 12.2 Å². The summed E-state index contributed by atoms with van der Waals surface area (Å²) in [5, 5.41) is 0. The zero-order valence-electron chi connectivity index (χ0n) is 11.0. The van der Waals surface area contributed by atoms with Crippen molar-refractivity contribution in [2.45, 2.75) is 13.8 Å². The number of aromatic amines is 1. The number of rotatable bonds is 1. The third kappa shape index (κ3) is 1.86. The molecule has 1 aromatic heterocycles. The third-order valence-electron chi connectivity index (χ3n) is 3.53. The average molecular weight is 290 g/mol. The number of benzene rings is 2. The maximum absolute atomic E-state index is 13.8. The smallest absolute Gasteiger partial charge is 0.182 e. The number of halogens is 2. The maximum atomic E-state index is 13.8. The molecule has 0 spiro atoms. The lowest BCUT2D eigenvalue weighted by atomic mass is 10.1. The summed E-state index contributed by atoms with van der Waals surface area (Å²) in [6.45, 7) is 3.94. The van der Waals surface area contributed by atoms with E-state index in [2.05, 4.69) is 4.98 Å². The van der Waals surface area contributed by atoms with Crippen LogP contribution in [-0.4, -0.2) is 9.55 Å². The van der Waals surface area contributed by atoms with Crippen LogP contribution < -0.4 is 0 Å². The molecule has 0 unspecified atom stereocenters. The first-order valence-electron chi connectivity index (χ1n) is 6.15. The highest BCUT2D eigenvalue weighted by Gasteiger charge is 2.13. The topological polar surface area (TPSA) is 20.7 Å². The second kappa shape index (κ2) is 4.52. The minimum Gasteiger partial charge on any atom is -0.328 e. The molecule has 102 valence electrons. The van der Waals surface area contributed by atoms with Crippen molar-refractivity contribution in [1.29, 1.82) is 0 Å². The Morgan fingerprint density at radius 3 is 2.65 bits per heavy atom. The van der Waals surface area contributed by atoms with Crippen LogP contribution in [0.15, 0.2) is 30.3 Å². The van der Waals surface area contributed by atoms with Gasteiger partial charge >= 0.3 is 0 Å². The molecule has 0 radical (unpaired) electrons. The van der Waals surface area contributed by atoms with E-state index in [1.54, 1.807) is 4.57 Å². The number of nitrogens with one attached hydrogen (secondary N) is 1. The summed E-state index contributed by atoms with van der Waals surface area (Å²) in [6.07, 6.45) is 0. The quantitative estimate of drug-likeness (QED) is 0.650.